The number of nitrogens with one attached hydrogen (secondary N) is 2. The predicted molar refractivity (Wildman–Crippen MR) is 89.1 cm³/mol. The van der Waals surface area contributed by atoms with Gasteiger partial charge in [-0.05, 0) is 41.0 Å². The molecule has 0 spiro atoms. The first kappa shape index (κ1) is 14.4. The third-order valence-corrected chi connectivity index (χ3v) is 4.02. The lowest BCUT2D eigenvalue weighted by atomic mass is 9.94. The van der Waals surface area contributed by atoms with Crippen molar-refractivity contribution in [3.8, 4) is 0 Å². The largest absolute Gasteiger partial charge is 0.329 e. The fourth-order valence-corrected chi connectivity index (χ4v) is 2.87. The van der Waals surface area contributed by atoms with Crippen LogP contribution in [0.25, 0.3) is 10.8 Å². The molecule has 0 fully saturated rings. The third kappa shape index (κ3) is 2.51. The molecule has 2 aromatic carbocycles. The molecule has 4 nitrogen and oxygen atoms in total. The number of aldehydes is 1. The van der Waals surface area contributed by atoms with Gasteiger partial charge in [0.25, 0.3) is 5.56 Å². The Bertz CT molecular complexity index is 986. The SMILES string of the molecule is Cc1ccc2ccccc2c1Cc1c(C=O)[nH]c(=S)[nH]c1=O. The summed E-state index contributed by atoms with van der Waals surface area (Å²) >= 11 is 4.91. The maximum absolute atomic E-state index is 12.2. The van der Waals surface area contributed by atoms with Gasteiger partial charge in [-0.3, -0.25) is 14.6 Å². The van der Waals surface area contributed by atoms with Crippen molar-refractivity contribution in [3.63, 3.8) is 0 Å². The molecule has 22 heavy (non-hydrogen) atoms. The second-order valence-corrected chi connectivity index (χ2v) is 5.59. The van der Waals surface area contributed by atoms with E-state index in [2.05, 4.69) is 16.0 Å². The topological polar surface area (TPSA) is 65.7 Å². The number of aryl methyl sites for hydroxylation is 1. The van der Waals surface area contributed by atoms with Crippen LogP contribution in [0.15, 0.2) is 41.2 Å². The van der Waals surface area contributed by atoms with Crippen LogP contribution >= 0.6 is 12.2 Å². The van der Waals surface area contributed by atoms with E-state index in [-0.39, 0.29) is 16.0 Å². The van der Waals surface area contributed by atoms with Gasteiger partial charge in [-0.15, -0.1) is 0 Å². The van der Waals surface area contributed by atoms with Crippen LogP contribution in [-0.2, 0) is 6.42 Å². The van der Waals surface area contributed by atoms with Crippen LogP contribution < -0.4 is 5.56 Å². The highest BCUT2D eigenvalue weighted by Gasteiger charge is 2.12. The molecule has 1 heterocycles. The average molecular weight is 310 g/mol. The van der Waals surface area contributed by atoms with Crippen molar-refractivity contribution in [1.29, 1.82) is 0 Å². The van der Waals surface area contributed by atoms with Crippen molar-refractivity contribution in [2.24, 2.45) is 0 Å². The zero-order valence-corrected chi connectivity index (χ0v) is 12.8. The molecule has 0 radical (unpaired) electrons. The lowest BCUT2D eigenvalue weighted by molar-refractivity contribution is 0.111. The van der Waals surface area contributed by atoms with E-state index in [1.165, 1.54) is 0 Å². The van der Waals surface area contributed by atoms with Gasteiger partial charge in [-0.1, -0.05) is 36.4 Å². The van der Waals surface area contributed by atoms with E-state index in [4.69, 9.17) is 12.2 Å². The van der Waals surface area contributed by atoms with Gasteiger partial charge in [0.2, 0.25) is 0 Å². The molecule has 0 saturated carbocycles. The normalized spacial score (nSPS) is 10.8. The van der Waals surface area contributed by atoms with E-state index in [0.717, 1.165) is 21.9 Å². The number of aromatic nitrogens is 2. The molecule has 5 heteroatoms. The number of carbonyl (C=O) groups is 1. The number of fused-ring (bicyclic) bond motifs is 1. The number of aromatic amines is 2. The summed E-state index contributed by atoms with van der Waals surface area (Å²) < 4.78 is 0.158. The first-order chi connectivity index (χ1) is 10.6. The van der Waals surface area contributed by atoms with Gasteiger partial charge >= 0.3 is 0 Å². The first-order valence-electron chi connectivity index (χ1n) is 6.88. The van der Waals surface area contributed by atoms with E-state index < -0.39 is 0 Å². The summed E-state index contributed by atoms with van der Waals surface area (Å²) in [7, 11) is 0. The third-order valence-electron chi connectivity index (χ3n) is 3.82. The van der Waals surface area contributed by atoms with Crippen LogP contribution in [0.4, 0.5) is 0 Å². The molecule has 110 valence electrons. The lowest BCUT2D eigenvalue weighted by Gasteiger charge is -2.11. The van der Waals surface area contributed by atoms with Crippen LogP contribution in [0.1, 0.15) is 27.2 Å². The van der Waals surface area contributed by atoms with E-state index in [9.17, 15) is 9.59 Å². The monoisotopic (exact) mass is 310 g/mol. The molecule has 2 N–H and O–H groups in total. The van der Waals surface area contributed by atoms with Crippen LogP contribution in [0.2, 0.25) is 0 Å². The number of hydrogen-bond acceptors (Lipinski definition) is 3. The predicted octanol–water partition coefficient (Wildman–Crippen LogP) is 3.30. The van der Waals surface area contributed by atoms with Crippen LogP contribution in [0.3, 0.4) is 0 Å². The lowest BCUT2D eigenvalue weighted by Crippen LogP contribution is -2.18. The Kier molecular flexibility index (Phi) is 3.73. The van der Waals surface area contributed by atoms with E-state index >= 15 is 0 Å². The highest BCUT2D eigenvalue weighted by atomic mass is 32.1. The van der Waals surface area contributed by atoms with E-state index in [0.29, 0.717) is 18.3 Å². The second kappa shape index (κ2) is 5.69. The zero-order chi connectivity index (χ0) is 15.7. The van der Waals surface area contributed by atoms with Gasteiger partial charge in [-0.25, -0.2) is 0 Å². The number of rotatable bonds is 3. The smallest absolute Gasteiger partial charge is 0.255 e. The minimum atomic E-state index is -0.321. The van der Waals surface area contributed by atoms with Gasteiger partial charge in [0.15, 0.2) is 11.1 Å². The molecule has 0 unspecified atom stereocenters. The molecule has 3 rings (SSSR count). The van der Waals surface area contributed by atoms with Crippen LogP contribution in [0.5, 0.6) is 0 Å². The maximum Gasteiger partial charge on any atom is 0.255 e. The van der Waals surface area contributed by atoms with Crippen molar-refractivity contribution >= 4 is 29.3 Å². The second-order valence-electron chi connectivity index (χ2n) is 5.18. The Labute approximate surface area is 131 Å². The summed E-state index contributed by atoms with van der Waals surface area (Å²) in [6, 6.07) is 12.1. The average Bonchev–Trinajstić information content (AvgIpc) is 2.51. The van der Waals surface area contributed by atoms with Gasteiger partial charge in [0.1, 0.15) is 0 Å². The fourth-order valence-electron chi connectivity index (χ4n) is 2.66. The molecule has 0 aliphatic rings. The molecule has 0 saturated heterocycles. The van der Waals surface area contributed by atoms with Gasteiger partial charge in [-0.2, -0.15) is 0 Å². The molecule has 0 atom stereocenters. The number of H-pyrrole nitrogens is 2. The summed E-state index contributed by atoms with van der Waals surface area (Å²) in [4.78, 5) is 28.7. The van der Waals surface area contributed by atoms with Crippen molar-refractivity contribution in [1.82, 2.24) is 9.97 Å². The molecule has 0 aliphatic carbocycles. The number of benzene rings is 2. The standard InChI is InChI=1S/C17H14N2O2S/c1-10-6-7-11-4-2-3-5-12(11)13(10)8-14-15(9-20)18-17(22)19-16(14)21/h2-7,9H,8H2,1H3,(H2,18,19,21,22). The summed E-state index contributed by atoms with van der Waals surface area (Å²) in [6.07, 6.45) is 1.02. The number of carbonyl (C=O) groups excluding carboxylic acids is 1. The number of hydrogen-bond donors (Lipinski definition) is 2. The Hall–Kier alpha value is -2.53. The zero-order valence-electron chi connectivity index (χ0n) is 12.0. The van der Waals surface area contributed by atoms with Gasteiger partial charge < -0.3 is 4.98 Å². The van der Waals surface area contributed by atoms with Gasteiger partial charge in [0.05, 0.1) is 5.69 Å². The molecular weight excluding hydrogens is 296 g/mol. The van der Waals surface area contributed by atoms with Crippen molar-refractivity contribution in [3.05, 3.63) is 73.9 Å². The maximum atomic E-state index is 12.2. The molecule has 0 bridgehead atoms. The Morgan fingerprint density at radius 1 is 1.09 bits per heavy atom. The molecule has 3 aromatic rings. The summed E-state index contributed by atoms with van der Waals surface area (Å²) in [5.74, 6) is 0. The first-order valence-corrected chi connectivity index (χ1v) is 7.29. The Morgan fingerprint density at radius 2 is 1.86 bits per heavy atom. The molecule has 0 amide bonds. The van der Waals surface area contributed by atoms with E-state index in [1.54, 1.807) is 0 Å². The van der Waals surface area contributed by atoms with Gasteiger partial charge in [0, 0.05) is 12.0 Å². The minimum absolute atomic E-state index is 0.158. The molecule has 0 aliphatic heterocycles. The van der Waals surface area contributed by atoms with Crippen molar-refractivity contribution < 1.29 is 4.79 Å². The van der Waals surface area contributed by atoms with Crippen molar-refractivity contribution in [2.75, 3.05) is 0 Å². The van der Waals surface area contributed by atoms with E-state index in [1.807, 2.05) is 37.3 Å². The highest BCUT2D eigenvalue weighted by Crippen LogP contribution is 2.24. The summed E-state index contributed by atoms with van der Waals surface area (Å²) in [6.45, 7) is 2.00. The summed E-state index contributed by atoms with van der Waals surface area (Å²) in [5, 5.41) is 2.19. The fraction of sp³-hybridized carbons (Fsp3) is 0.118. The molecular formula is C17H14N2O2S. The Balaban J connectivity index is 2.24. The van der Waals surface area contributed by atoms with Crippen LogP contribution in [-0.4, -0.2) is 16.3 Å². The molecule has 1 aromatic heterocycles. The minimum Gasteiger partial charge on any atom is -0.329 e. The van der Waals surface area contributed by atoms with Crippen LogP contribution in [0, 0.1) is 11.7 Å². The summed E-state index contributed by atoms with van der Waals surface area (Å²) in [5.41, 5.74) is 2.44. The highest BCUT2D eigenvalue weighted by molar-refractivity contribution is 7.71. The van der Waals surface area contributed by atoms with Crippen molar-refractivity contribution in [2.45, 2.75) is 13.3 Å². The Morgan fingerprint density at radius 3 is 2.64 bits per heavy atom. The quantitative estimate of drug-likeness (QED) is 0.576.